The number of piperidine rings is 1. The van der Waals surface area contributed by atoms with Gasteiger partial charge in [0.2, 0.25) is 21.8 Å². The summed E-state index contributed by atoms with van der Waals surface area (Å²) >= 11 is 0. The Morgan fingerprint density at radius 2 is 1.55 bits per heavy atom. The maximum absolute atomic E-state index is 12.4. The van der Waals surface area contributed by atoms with E-state index in [0.29, 0.717) is 57.1 Å². The second kappa shape index (κ2) is 9.66. The quantitative estimate of drug-likeness (QED) is 0.691. The van der Waals surface area contributed by atoms with E-state index >= 15 is 0 Å². The third-order valence-electron chi connectivity index (χ3n) is 5.20. The van der Waals surface area contributed by atoms with Crippen LogP contribution in [-0.4, -0.2) is 81.6 Å². The van der Waals surface area contributed by atoms with Crippen molar-refractivity contribution in [1.29, 1.82) is 0 Å². The van der Waals surface area contributed by atoms with Crippen LogP contribution in [-0.2, 0) is 24.3 Å². The average Bonchev–Trinajstić information content (AvgIpc) is 2.69. The molecule has 0 unspecified atom stereocenters. The number of sulfonamides is 1. The van der Waals surface area contributed by atoms with Crippen molar-refractivity contribution in [2.45, 2.75) is 12.8 Å². The fourth-order valence-electron chi connectivity index (χ4n) is 3.49. The molecule has 1 aromatic rings. The van der Waals surface area contributed by atoms with Gasteiger partial charge in [0, 0.05) is 43.5 Å². The van der Waals surface area contributed by atoms with Crippen molar-refractivity contribution >= 4 is 33.2 Å². The highest BCUT2D eigenvalue weighted by Gasteiger charge is 2.28. The molecule has 0 aromatic heterocycles. The number of benzene rings is 1. The number of morpholine rings is 1. The lowest BCUT2D eigenvalue weighted by molar-refractivity contribution is -0.121. The van der Waals surface area contributed by atoms with E-state index < -0.39 is 10.0 Å². The number of amides is 2. The van der Waals surface area contributed by atoms with E-state index in [0.717, 1.165) is 13.1 Å². The first-order valence-corrected chi connectivity index (χ1v) is 11.6. The summed E-state index contributed by atoms with van der Waals surface area (Å²) in [6.07, 6.45) is 2.21. The predicted octanol–water partition coefficient (Wildman–Crippen LogP) is 0.567. The Balaban J connectivity index is 1.45. The molecule has 29 heavy (non-hydrogen) atoms. The zero-order chi connectivity index (χ0) is 20.9. The van der Waals surface area contributed by atoms with E-state index in [9.17, 15) is 18.0 Å². The number of hydrogen-bond acceptors (Lipinski definition) is 6. The average molecular weight is 425 g/mol. The highest BCUT2D eigenvalue weighted by atomic mass is 32.2. The van der Waals surface area contributed by atoms with Crippen molar-refractivity contribution in [1.82, 2.24) is 9.21 Å². The minimum absolute atomic E-state index is 0.0821. The molecule has 160 valence electrons. The van der Waals surface area contributed by atoms with Gasteiger partial charge in [0.05, 0.1) is 26.0 Å². The van der Waals surface area contributed by atoms with Gasteiger partial charge < -0.3 is 15.4 Å². The zero-order valence-corrected chi connectivity index (χ0v) is 17.4. The first-order chi connectivity index (χ1) is 13.8. The van der Waals surface area contributed by atoms with Crippen LogP contribution >= 0.6 is 0 Å². The van der Waals surface area contributed by atoms with Crippen LogP contribution in [0.15, 0.2) is 24.3 Å². The molecular formula is C19H28N4O5S. The van der Waals surface area contributed by atoms with Crippen molar-refractivity contribution < 1.29 is 22.7 Å². The first-order valence-electron chi connectivity index (χ1n) is 9.77. The zero-order valence-electron chi connectivity index (χ0n) is 16.6. The summed E-state index contributed by atoms with van der Waals surface area (Å²) < 4.78 is 29.8. The molecule has 0 bridgehead atoms. The van der Waals surface area contributed by atoms with Crippen molar-refractivity contribution in [3.05, 3.63) is 24.3 Å². The third kappa shape index (κ3) is 6.49. The molecule has 1 aromatic carbocycles. The van der Waals surface area contributed by atoms with Crippen molar-refractivity contribution in [3.8, 4) is 0 Å². The lowest BCUT2D eigenvalue weighted by Gasteiger charge is -2.29. The second-order valence-corrected chi connectivity index (χ2v) is 9.42. The van der Waals surface area contributed by atoms with E-state index in [2.05, 4.69) is 10.6 Å². The van der Waals surface area contributed by atoms with E-state index in [1.807, 2.05) is 4.90 Å². The summed E-state index contributed by atoms with van der Waals surface area (Å²) in [6.45, 7) is 3.86. The summed E-state index contributed by atoms with van der Waals surface area (Å²) in [4.78, 5) is 26.6. The SMILES string of the molecule is CS(=O)(=O)N1CCC(C(=O)Nc2ccc(NC(=O)CN3CCOCC3)cc2)CC1. The van der Waals surface area contributed by atoms with Gasteiger partial charge in [0.15, 0.2) is 0 Å². The highest BCUT2D eigenvalue weighted by molar-refractivity contribution is 7.88. The number of hydrogen-bond donors (Lipinski definition) is 2. The normalized spacial score (nSPS) is 19.6. The van der Waals surface area contributed by atoms with Gasteiger partial charge in [0.25, 0.3) is 0 Å². The number of anilines is 2. The van der Waals surface area contributed by atoms with Crippen LogP contribution in [0.2, 0.25) is 0 Å². The van der Waals surface area contributed by atoms with Crippen LogP contribution in [0.4, 0.5) is 11.4 Å². The van der Waals surface area contributed by atoms with Gasteiger partial charge in [-0.3, -0.25) is 14.5 Å². The summed E-state index contributed by atoms with van der Waals surface area (Å²) in [5, 5.41) is 5.73. The van der Waals surface area contributed by atoms with Crippen molar-refractivity contribution in [2.75, 3.05) is 62.8 Å². The lowest BCUT2D eigenvalue weighted by Crippen LogP contribution is -2.41. The Kier molecular flexibility index (Phi) is 7.23. The van der Waals surface area contributed by atoms with Crippen LogP contribution in [0.3, 0.4) is 0 Å². The monoisotopic (exact) mass is 424 g/mol. The summed E-state index contributed by atoms with van der Waals surface area (Å²) in [6, 6.07) is 6.99. The van der Waals surface area contributed by atoms with Gasteiger partial charge in [-0.15, -0.1) is 0 Å². The van der Waals surface area contributed by atoms with Crippen molar-refractivity contribution in [2.24, 2.45) is 5.92 Å². The molecule has 2 amide bonds. The Hall–Kier alpha value is -2.01. The number of carbonyl (C=O) groups excluding carboxylic acids is 2. The Morgan fingerprint density at radius 3 is 2.10 bits per heavy atom. The summed E-state index contributed by atoms with van der Waals surface area (Å²) in [5.41, 5.74) is 1.31. The summed E-state index contributed by atoms with van der Waals surface area (Å²) in [5.74, 6) is -0.399. The molecule has 2 aliphatic heterocycles. The van der Waals surface area contributed by atoms with E-state index in [1.54, 1.807) is 24.3 Å². The Labute approximate surface area is 171 Å². The highest BCUT2D eigenvalue weighted by Crippen LogP contribution is 2.21. The molecule has 0 saturated carbocycles. The minimum atomic E-state index is -3.20. The predicted molar refractivity (Wildman–Crippen MR) is 110 cm³/mol. The standard InChI is InChI=1S/C19H28N4O5S/c1-29(26,27)23-8-6-15(7-9-23)19(25)21-17-4-2-16(3-5-17)20-18(24)14-22-10-12-28-13-11-22/h2-5,15H,6-14H2,1H3,(H,20,24)(H,21,25). The molecule has 0 spiro atoms. The van der Waals surface area contributed by atoms with Crippen LogP contribution < -0.4 is 10.6 Å². The van der Waals surface area contributed by atoms with E-state index in [1.165, 1.54) is 10.6 Å². The van der Waals surface area contributed by atoms with Crippen LogP contribution in [0.1, 0.15) is 12.8 Å². The number of nitrogens with one attached hydrogen (secondary N) is 2. The second-order valence-electron chi connectivity index (χ2n) is 7.44. The molecule has 2 fully saturated rings. The van der Waals surface area contributed by atoms with Crippen LogP contribution in [0.5, 0.6) is 0 Å². The minimum Gasteiger partial charge on any atom is -0.379 e. The third-order valence-corrected chi connectivity index (χ3v) is 6.50. The lowest BCUT2D eigenvalue weighted by atomic mass is 9.97. The number of rotatable bonds is 6. The number of carbonyl (C=O) groups is 2. The van der Waals surface area contributed by atoms with E-state index in [4.69, 9.17) is 4.74 Å². The Morgan fingerprint density at radius 1 is 1.00 bits per heavy atom. The molecule has 10 heteroatoms. The Bertz CT molecular complexity index is 814. The van der Waals surface area contributed by atoms with Crippen LogP contribution in [0, 0.1) is 5.92 Å². The summed E-state index contributed by atoms with van der Waals surface area (Å²) in [7, 11) is -3.20. The molecule has 0 aliphatic carbocycles. The topological polar surface area (TPSA) is 108 Å². The fraction of sp³-hybridized carbons (Fsp3) is 0.579. The molecule has 2 aliphatic rings. The van der Waals surface area contributed by atoms with Gasteiger partial charge in [-0.1, -0.05) is 0 Å². The smallest absolute Gasteiger partial charge is 0.238 e. The molecule has 0 atom stereocenters. The van der Waals surface area contributed by atoms with Crippen molar-refractivity contribution in [3.63, 3.8) is 0 Å². The van der Waals surface area contributed by atoms with Gasteiger partial charge in [-0.05, 0) is 37.1 Å². The van der Waals surface area contributed by atoms with Gasteiger partial charge in [-0.25, -0.2) is 12.7 Å². The molecule has 2 saturated heterocycles. The molecule has 3 rings (SSSR count). The fourth-order valence-corrected chi connectivity index (χ4v) is 4.37. The van der Waals surface area contributed by atoms with Crippen LogP contribution in [0.25, 0.3) is 0 Å². The van der Waals surface area contributed by atoms with Gasteiger partial charge >= 0.3 is 0 Å². The largest absolute Gasteiger partial charge is 0.379 e. The van der Waals surface area contributed by atoms with E-state index in [-0.39, 0.29) is 17.7 Å². The molecule has 9 nitrogen and oxygen atoms in total. The maximum atomic E-state index is 12.4. The van der Waals surface area contributed by atoms with Gasteiger partial charge in [-0.2, -0.15) is 0 Å². The number of ether oxygens (including phenoxy) is 1. The maximum Gasteiger partial charge on any atom is 0.238 e. The molecule has 2 N–H and O–H groups in total. The van der Waals surface area contributed by atoms with Gasteiger partial charge in [0.1, 0.15) is 0 Å². The number of nitrogens with zero attached hydrogens (tertiary/aromatic N) is 2. The molecule has 0 radical (unpaired) electrons. The molecular weight excluding hydrogens is 396 g/mol. The molecule has 2 heterocycles. The first kappa shape index (κ1) is 21.7.